The monoisotopic (exact) mass is 643 g/mol. The fourth-order valence-electron chi connectivity index (χ4n) is 4.02. The zero-order valence-corrected chi connectivity index (χ0v) is 25.8. The number of nitrogens with two attached hydrogens (primary N) is 7. The van der Waals surface area contributed by atoms with E-state index in [-0.39, 0.29) is 57.1 Å². The van der Waals surface area contributed by atoms with E-state index in [2.05, 4.69) is 31.3 Å². The van der Waals surface area contributed by atoms with E-state index in [4.69, 9.17) is 40.1 Å². The molecule has 0 unspecified atom stereocenters. The normalized spacial score (nSPS) is 13.3. The highest BCUT2D eigenvalue weighted by molar-refractivity contribution is 5.94. The van der Waals surface area contributed by atoms with Crippen molar-refractivity contribution in [3.8, 4) is 0 Å². The van der Waals surface area contributed by atoms with Crippen molar-refractivity contribution in [2.24, 2.45) is 50.1 Å². The SMILES string of the molecule is NCCCC[C@H](NC(=O)[C@H](CCCN=C(N)N)NC(=O)CNC(=O)[C@@H](N)CCCCN)C(=O)N[C@@H](CCCN=C(N)N)C(=O)O. The lowest BCUT2D eigenvalue weighted by Crippen LogP contribution is -2.56. The topological polar surface area (TPSA) is 361 Å². The first kappa shape index (κ1) is 40.8. The third-order valence-electron chi connectivity index (χ3n) is 6.47. The number of amides is 4. The molecule has 19 N–H and O–H groups in total. The molecule has 258 valence electrons. The average molecular weight is 644 g/mol. The zero-order valence-electron chi connectivity index (χ0n) is 25.8. The molecular formula is C26H53N13O6. The predicted molar refractivity (Wildman–Crippen MR) is 170 cm³/mol. The van der Waals surface area contributed by atoms with Gasteiger partial charge in [0.15, 0.2) is 11.9 Å². The van der Waals surface area contributed by atoms with Crippen molar-refractivity contribution < 1.29 is 29.1 Å². The van der Waals surface area contributed by atoms with Gasteiger partial charge in [0.1, 0.15) is 18.1 Å². The van der Waals surface area contributed by atoms with Crippen LogP contribution < -0.4 is 61.4 Å². The van der Waals surface area contributed by atoms with Crippen LogP contribution in [0.2, 0.25) is 0 Å². The number of carboxylic acids is 1. The summed E-state index contributed by atoms with van der Waals surface area (Å²) in [5, 5.41) is 19.7. The number of hydrogen-bond acceptors (Lipinski definition) is 10. The van der Waals surface area contributed by atoms with Gasteiger partial charge in [-0.15, -0.1) is 0 Å². The molecule has 0 aromatic heterocycles. The number of nitrogens with zero attached hydrogens (tertiary/aromatic N) is 2. The number of rotatable bonds is 25. The molecule has 0 aliphatic carbocycles. The van der Waals surface area contributed by atoms with Crippen LogP contribution in [0.5, 0.6) is 0 Å². The number of carbonyl (C=O) groups is 5. The van der Waals surface area contributed by atoms with Gasteiger partial charge in [0.25, 0.3) is 0 Å². The first-order valence-corrected chi connectivity index (χ1v) is 15.0. The fraction of sp³-hybridized carbons (Fsp3) is 0.731. The molecule has 0 aliphatic rings. The van der Waals surface area contributed by atoms with Gasteiger partial charge in [-0.2, -0.15) is 0 Å². The van der Waals surface area contributed by atoms with Gasteiger partial charge in [0, 0.05) is 13.1 Å². The van der Waals surface area contributed by atoms with Gasteiger partial charge in [-0.1, -0.05) is 6.42 Å². The smallest absolute Gasteiger partial charge is 0.326 e. The van der Waals surface area contributed by atoms with Gasteiger partial charge >= 0.3 is 5.97 Å². The van der Waals surface area contributed by atoms with Gasteiger partial charge < -0.3 is 66.5 Å². The van der Waals surface area contributed by atoms with Crippen LogP contribution in [-0.4, -0.2) is 104 Å². The quantitative estimate of drug-likeness (QED) is 0.0253. The molecule has 0 aromatic carbocycles. The summed E-state index contributed by atoms with van der Waals surface area (Å²) in [7, 11) is 0. The van der Waals surface area contributed by atoms with Crippen molar-refractivity contribution >= 4 is 41.5 Å². The van der Waals surface area contributed by atoms with Crippen LogP contribution >= 0.6 is 0 Å². The molecule has 0 saturated carbocycles. The summed E-state index contributed by atoms with van der Waals surface area (Å²) in [5.74, 6) is -4.19. The molecule has 4 amide bonds. The molecule has 19 heteroatoms. The summed E-state index contributed by atoms with van der Waals surface area (Å²) in [6, 6.07) is -4.36. The molecule has 0 radical (unpaired) electrons. The standard InChI is InChI=1S/C26H53N13O6/c27-11-3-1-7-16(29)21(41)36-15-20(40)37-17(9-5-13-34-25(30)31)22(42)38-18(8-2-4-12-28)23(43)39-19(24(44)45)10-6-14-35-26(32)33/h16-19H,1-15,27-29H2,(H,36,41)(H,37,40)(H,38,42)(H,39,43)(H,44,45)(H4,30,31,34)(H4,32,33,35)/t16-,17-,18-,19-/m0/s1. The average Bonchev–Trinajstić information content (AvgIpc) is 2.97. The van der Waals surface area contributed by atoms with Crippen LogP contribution in [0.25, 0.3) is 0 Å². The summed E-state index contributed by atoms with van der Waals surface area (Å²) < 4.78 is 0. The molecule has 0 aromatic rings. The predicted octanol–water partition coefficient (Wildman–Crippen LogP) is -4.67. The zero-order chi connectivity index (χ0) is 34.2. The summed E-state index contributed by atoms with van der Waals surface area (Å²) in [6.45, 7) is 0.704. The second-order valence-electron chi connectivity index (χ2n) is 10.4. The van der Waals surface area contributed by atoms with Gasteiger partial charge in [0.05, 0.1) is 12.6 Å². The second-order valence-corrected chi connectivity index (χ2v) is 10.4. The molecule has 0 spiro atoms. The van der Waals surface area contributed by atoms with E-state index in [1.807, 2.05) is 0 Å². The molecule has 4 atom stereocenters. The van der Waals surface area contributed by atoms with E-state index in [1.54, 1.807) is 0 Å². The summed E-state index contributed by atoms with van der Waals surface area (Å²) in [5.41, 5.74) is 38.2. The Balaban J connectivity index is 5.58. The number of aliphatic imine (C=N–C) groups is 2. The van der Waals surface area contributed by atoms with Crippen LogP contribution in [-0.2, 0) is 24.0 Å². The van der Waals surface area contributed by atoms with Crippen LogP contribution in [0.3, 0.4) is 0 Å². The van der Waals surface area contributed by atoms with E-state index in [1.165, 1.54) is 0 Å². The Bertz CT molecular complexity index is 986. The number of guanidine groups is 2. The number of aliphatic carboxylic acids is 1. The highest BCUT2D eigenvalue weighted by atomic mass is 16.4. The van der Waals surface area contributed by atoms with Crippen LogP contribution in [0.15, 0.2) is 9.98 Å². The molecule has 19 nitrogen and oxygen atoms in total. The molecule has 0 saturated heterocycles. The Labute approximate surface area is 263 Å². The Morgan fingerprint density at radius 1 is 0.600 bits per heavy atom. The van der Waals surface area contributed by atoms with Gasteiger partial charge in [-0.3, -0.25) is 29.2 Å². The van der Waals surface area contributed by atoms with Crippen LogP contribution in [0.1, 0.15) is 64.2 Å². The van der Waals surface area contributed by atoms with Crippen molar-refractivity contribution in [2.75, 3.05) is 32.7 Å². The van der Waals surface area contributed by atoms with Crippen LogP contribution in [0.4, 0.5) is 0 Å². The Kier molecular flexibility index (Phi) is 21.9. The largest absolute Gasteiger partial charge is 0.480 e. The van der Waals surface area contributed by atoms with Crippen molar-refractivity contribution in [3.63, 3.8) is 0 Å². The van der Waals surface area contributed by atoms with Crippen molar-refractivity contribution in [2.45, 2.75) is 88.4 Å². The van der Waals surface area contributed by atoms with Crippen LogP contribution in [0, 0.1) is 0 Å². The van der Waals surface area contributed by atoms with E-state index >= 15 is 0 Å². The third-order valence-corrected chi connectivity index (χ3v) is 6.47. The lowest BCUT2D eigenvalue weighted by Gasteiger charge is -2.25. The molecule has 0 aliphatic heterocycles. The van der Waals surface area contributed by atoms with E-state index in [0.29, 0.717) is 45.2 Å². The first-order valence-electron chi connectivity index (χ1n) is 15.0. The Hall–Kier alpha value is -4.23. The number of nitrogens with one attached hydrogen (secondary N) is 4. The highest BCUT2D eigenvalue weighted by Crippen LogP contribution is 2.07. The molecular weight excluding hydrogens is 590 g/mol. The minimum absolute atomic E-state index is 0.0349. The molecule has 0 heterocycles. The molecule has 0 rings (SSSR count). The maximum absolute atomic E-state index is 13.4. The van der Waals surface area contributed by atoms with E-state index < -0.39 is 60.3 Å². The maximum atomic E-state index is 13.4. The fourth-order valence-corrected chi connectivity index (χ4v) is 4.02. The molecule has 0 bridgehead atoms. The number of carbonyl (C=O) groups excluding carboxylic acids is 4. The number of hydrogen-bond donors (Lipinski definition) is 12. The summed E-state index contributed by atoms with van der Waals surface area (Å²) in [6.07, 6.45) is 3.60. The van der Waals surface area contributed by atoms with Crippen molar-refractivity contribution in [1.29, 1.82) is 0 Å². The lowest BCUT2D eigenvalue weighted by molar-refractivity contribution is -0.142. The minimum atomic E-state index is -1.27. The lowest BCUT2D eigenvalue weighted by atomic mass is 10.0. The molecule has 0 fully saturated rings. The summed E-state index contributed by atoms with van der Waals surface area (Å²) in [4.78, 5) is 70.9. The maximum Gasteiger partial charge on any atom is 0.326 e. The Morgan fingerprint density at radius 2 is 1.04 bits per heavy atom. The van der Waals surface area contributed by atoms with Gasteiger partial charge in [-0.05, 0) is 70.9 Å². The molecule has 45 heavy (non-hydrogen) atoms. The number of carboxylic acid groups (broad SMARTS) is 1. The Morgan fingerprint density at radius 3 is 1.53 bits per heavy atom. The van der Waals surface area contributed by atoms with Crippen molar-refractivity contribution in [1.82, 2.24) is 21.3 Å². The highest BCUT2D eigenvalue weighted by Gasteiger charge is 2.29. The first-order chi connectivity index (χ1) is 21.3. The summed E-state index contributed by atoms with van der Waals surface area (Å²) >= 11 is 0. The van der Waals surface area contributed by atoms with E-state index in [0.717, 1.165) is 0 Å². The third kappa shape index (κ3) is 20.4. The second kappa shape index (κ2) is 24.1. The van der Waals surface area contributed by atoms with Gasteiger partial charge in [0.2, 0.25) is 23.6 Å². The number of unbranched alkanes of at least 4 members (excludes halogenated alkanes) is 2. The van der Waals surface area contributed by atoms with Crippen molar-refractivity contribution in [3.05, 3.63) is 0 Å². The minimum Gasteiger partial charge on any atom is -0.480 e. The van der Waals surface area contributed by atoms with E-state index in [9.17, 15) is 29.1 Å². The van der Waals surface area contributed by atoms with Gasteiger partial charge in [-0.25, -0.2) is 4.79 Å².